The Labute approximate surface area is 113 Å². The van der Waals surface area contributed by atoms with Gasteiger partial charge in [-0.15, -0.1) is 0 Å². The van der Waals surface area contributed by atoms with E-state index in [1.807, 2.05) is 0 Å². The first-order valence-corrected chi connectivity index (χ1v) is 6.96. The number of rotatable bonds is 4. The second-order valence-electron chi connectivity index (χ2n) is 5.58. The lowest BCUT2D eigenvalue weighted by atomic mass is 10.00. The van der Waals surface area contributed by atoms with Crippen LogP contribution >= 0.6 is 0 Å². The first-order chi connectivity index (χ1) is 9.06. The molecule has 19 heavy (non-hydrogen) atoms. The van der Waals surface area contributed by atoms with E-state index < -0.39 is 11.6 Å². The summed E-state index contributed by atoms with van der Waals surface area (Å²) < 4.78 is 26.3. The summed E-state index contributed by atoms with van der Waals surface area (Å²) in [5.74, 6) is -0.400. The van der Waals surface area contributed by atoms with Crippen molar-refractivity contribution >= 4 is 0 Å². The first-order valence-electron chi connectivity index (χ1n) is 6.96. The van der Waals surface area contributed by atoms with Crippen molar-refractivity contribution in [3.05, 3.63) is 35.4 Å². The zero-order valence-corrected chi connectivity index (χ0v) is 11.6. The maximum absolute atomic E-state index is 13.1. The molecule has 0 radical (unpaired) electrons. The lowest BCUT2D eigenvalue weighted by Gasteiger charge is -2.38. The number of nitrogens with one attached hydrogen (secondary N) is 1. The molecule has 1 aromatic rings. The highest BCUT2D eigenvalue weighted by Gasteiger charge is 2.24. The molecule has 0 amide bonds. The molecule has 0 bridgehead atoms. The van der Waals surface area contributed by atoms with E-state index in [4.69, 9.17) is 0 Å². The third kappa shape index (κ3) is 3.98. The SMILES string of the molecule is CC(C)C1CNCCN1CCc1cc(F)cc(F)c1. The van der Waals surface area contributed by atoms with E-state index >= 15 is 0 Å². The van der Waals surface area contributed by atoms with E-state index in [0.29, 0.717) is 18.4 Å². The molecule has 1 N–H and O–H groups in total. The molecule has 106 valence electrons. The van der Waals surface area contributed by atoms with Crippen LogP contribution in [-0.4, -0.2) is 37.1 Å². The molecular formula is C15H22F2N2. The minimum absolute atomic E-state index is 0.490. The van der Waals surface area contributed by atoms with Gasteiger partial charge in [0.15, 0.2) is 0 Å². The van der Waals surface area contributed by atoms with Crippen LogP contribution in [0.3, 0.4) is 0 Å². The summed E-state index contributed by atoms with van der Waals surface area (Å²) in [4.78, 5) is 2.42. The van der Waals surface area contributed by atoms with Crippen molar-refractivity contribution < 1.29 is 8.78 Å². The summed E-state index contributed by atoms with van der Waals surface area (Å²) in [5.41, 5.74) is 0.735. The minimum Gasteiger partial charge on any atom is -0.314 e. The molecule has 1 unspecified atom stereocenters. The molecule has 2 nitrogen and oxygen atoms in total. The van der Waals surface area contributed by atoms with Crippen LogP contribution in [0.5, 0.6) is 0 Å². The van der Waals surface area contributed by atoms with Gasteiger partial charge in [-0.25, -0.2) is 8.78 Å². The van der Waals surface area contributed by atoms with Gasteiger partial charge in [0.25, 0.3) is 0 Å². The van der Waals surface area contributed by atoms with E-state index in [0.717, 1.165) is 37.8 Å². The molecule has 0 spiro atoms. The molecule has 0 aromatic heterocycles. The maximum Gasteiger partial charge on any atom is 0.126 e. The van der Waals surface area contributed by atoms with Gasteiger partial charge < -0.3 is 5.32 Å². The number of hydrogen-bond donors (Lipinski definition) is 1. The second kappa shape index (κ2) is 6.44. The number of benzene rings is 1. The highest BCUT2D eigenvalue weighted by molar-refractivity contribution is 5.18. The van der Waals surface area contributed by atoms with Gasteiger partial charge in [0, 0.05) is 38.3 Å². The standard InChI is InChI=1S/C15H22F2N2/c1-11(2)15-10-18-4-6-19(15)5-3-12-7-13(16)9-14(17)8-12/h7-9,11,15,18H,3-6,10H2,1-2H3. The Hall–Kier alpha value is -1.00. The second-order valence-corrected chi connectivity index (χ2v) is 5.58. The van der Waals surface area contributed by atoms with E-state index in [1.54, 1.807) is 0 Å². The Morgan fingerprint density at radius 1 is 1.26 bits per heavy atom. The average molecular weight is 268 g/mol. The zero-order chi connectivity index (χ0) is 13.8. The number of hydrogen-bond acceptors (Lipinski definition) is 2. The monoisotopic (exact) mass is 268 g/mol. The Balaban J connectivity index is 1.96. The average Bonchev–Trinajstić information content (AvgIpc) is 2.35. The zero-order valence-electron chi connectivity index (χ0n) is 11.6. The molecule has 0 aliphatic carbocycles. The molecule has 1 heterocycles. The van der Waals surface area contributed by atoms with Crippen molar-refractivity contribution in [1.82, 2.24) is 10.2 Å². The van der Waals surface area contributed by atoms with Crippen LogP contribution in [-0.2, 0) is 6.42 Å². The summed E-state index contributed by atoms with van der Waals surface area (Å²) in [6.07, 6.45) is 0.692. The van der Waals surface area contributed by atoms with Gasteiger partial charge in [0.1, 0.15) is 11.6 Å². The fourth-order valence-electron chi connectivity index (χ4n) is 2.73. The van der Waals surface area contributed by atoms with Crippen molar-refractivity contribution in [2.24, 2.45) is 5.92 Å². The molecule has 2 rings (SSSR count). The third-order valence-electron chi connectivity index (χ3n) is 3.78. The number of piperazine rings is 1. The van der Waals surface area contributed by atoms with E-state index in [2.05, 4.69) is 24.1 Å². The number of nitrogens with zero attached hydrogens (tertiary/aromatic N) is 1. The highest BCUT2D eigenvalue weighted by atomic mass is 19.1. The summed E-state index contributed by atoms with van der Waals surface area (Å²) in [5, 5.41) is 3.40. The van der Waals surface area contributed by atoms with Crippen LogP contribution in [0.4, 0.5) is 8.78 Å². The summed E-state index contributed by atoms with van der Waals surface area (Å²) in [6, 6.07) is 4.28. The van der Waals surface area contributed by atoms with Crippen LogP contribution < -0.4 is 5.32 Å². The van der Waals surface area contributed by atoms with Crippen molar-refractivity contribution in [2.75, 3.05) is 26.2 Å². The van der Waals surface area contributed by atoms with Crippen LogP contribution in [0.1, 0.15) is 19.4 Å². The third-order valence-corrected chi connectivity index (χ3v) is 3.78. The Morgan fingerprint density at radius 2 is 1.95 bits per heavy atom. The summed E-state index contributed by atoms with van der Waals surface area (Å²) >= 11 is 0. The Bertz CT molecular complexity index is 400. The van der Waals surface area contributed by atoms with Crippen molar-refractivity contribution in [1.29, 1.82) is 0 Å². The van der Waals surface area contributed by atoms with Gasteiger partial charge in [-0.05, 0) is 30.0 Å². The van der Waals surface area contributed by atoms with Crippen molar-refractivity contribution in [3.63, 3.8) is 0 Å². The molecular weight excluding hydrogens is 246 g/mol. The molecule has 1 fully saturated rings. The molecule has 4 heteroatoms. The summed E-state index contributed by atoms with van der Waals surface area (Å²) in [6.45, 7) is 8.27. The normalized spacial score (nSPS) is 21.0. The Kier molecular flexibility index (Phi) is 4.88. The fourth-order valence-corrected chi connectivity index (χ4v) is 2.73. The van der Waals surface area contributed by atoms with E-state index in [9.17, 15) is 8.78 Å². The van der Waals surface area contributed by atoms with Crippen molar-refractivity contribution in [2.45, 2.75) is 26.3 Å². The van der Waals surface area contributed by atoms with Crippen LogP contribution in [0, 0.1) is 17.6 Å². The molecule has 1 aliphatic heterocycles. The highest BCUT2D eigenvalue weighted by Crippen LogP contribution is 2.15. The van der Waals surface area contributed by atoms with Crippen LogP contribution in [0.2, 0.25) is 0 Å². The van der Waals surface area contributed by atoms with Gasteiger partial charge in [0.05, 0.1) is 0 Å². The fraction of sp³-hybridized carbons (Fsp3) is 0.600. The molecule has 1 atom stereocenters. The molecule has 1 aliphatic rings. The Morgan fingerprint density at radius 3 is 2.58 bits per heavy atom. The predicted molar refractivity (Wildman–Crippen MR) is 73.1 cm³/mol. The van der Waals surface area contributed by atoms with Gasteiger partial charge in [-0.2, -0.15) is 0 Å². The van der Waals surface area contributed by atoms with Crippen LogP contribution in [0.15, 0.2) is 18.2 Å². The quantitative estimate of drug-likeness (QED) is 0.902. The van der Waals surface area contributed by atoms with Gasteiger partial charge >= 0.3 is 0 Å². The lowest BCUT2D eigenvalue weighted by molar-refractivity contribution is 0.126. The van der Waals surface area contributed by atoms with E-state index in [1.165, 1.54) is 12.1 Å². The summed E-state index contributed by atoms with van der Waals surface area (Å²) in [7, 11) is 0. The molecule has 1 aromatic carbocycles. The predicted octanol–water partition coefficient (Wildman–Crippen LogP) is 2.44. The van der Waals surface area contributed by atoms with Crippen molar-refractivity contribution in [3.8, 4) is 0 Å². The van der Waals surface area contributed by atoms with E-state index in [-0.39, 0.29) is 0 Å². The lowest BCUT2D eigenvalue weighted by Crippen LogP contribution is -2.53. The van der Waals surface area contributed by atoms with Gasteiger partial charge in [-0.1, -0.05) is 13.8 Å². The van der Waals surface area contributed by atoms with Crippen LogP contribution in [0.25, 0.3) is 0 Å². The first kappa shape index (κ1) is 14.4. The largest absolute Gasteiger partial charge is 0.314 e. The molecule has 0 saturated carbocycles. The van der Waals surface area contributed by atoms with Gasteiger partial charge in [-0.3, -0.25) is 4.90 Å². The maximum atomic E-state index is 13.1. The number of halogens is 2. The molecule has 1 saturated heterocycles. The minimum atomic E-state index is -0.490. The topological polar surface area (TPSA) is 15.3 Å². The smallest absolute Gasteiger partial charge is 0.126 e. The van der Waals surface area contributed by atoms with Gasteiger partial charge in [0.2, 0.25) is 0 Å².